The van der Waals surface area contributed by atoms with Crippen LogP contribution in [0.3, 0.4) is 0 Å². The van der Waals surface area contributed by atoms with Crippen molar-refractivity contribution in [2.24, 2.45) is 11.8 Å². The average Bonchev–Trinajstić information content (AvgIpc) is 2.37. The second-order valence-corrected chi connectivity index (χ2v) is 4.19. The molecule has 0 aromatic heterocycles. The van der Waals surface area contributed by atoms with Gasteiger partial charge in [-0.2, -0.15) is 0 Å². The lowest BCUT2D eigenvalue weighted by Gasteiger charge is -2.22. The molecule has 0 aromatic rings. The van der Waals surface area contributed by atoms with Gasteiger partial charge in [-0.05, 0) is 26.7 Å². The van der Waals surface area contributed by atoms with Gasteiger partial charge in [0.1, 0.15) is 6.29 Å². The van der Waals surface area contributed by atoms with Crippen molar-refractivity contribution in [1.29, 1.82) is 0 Å². The van der Waals surface area contributed by atoms with Gasteiger partial charge in [-0.1, -0.05) is 27.7 Å². The van der Waals surface area contributed by atoms with E-state index in [0.717, 1.165) is 32.3 Å². The number of hydrogen-bond donors (Lipinski definition) is 0. The Balaban J connectivity index is 0. The lowest BCUT2D eigenvalue weighted by atomic mass is 10.1. The Morgan fingerprint density at radius 2 is 1.41 bits per heavy atom. The summed E-state index contributed by atoms with van der Waals surface area (Å²) in [5.74, 6) is 0.750. The van der Waals surface area contributed by atoms with Crippen LogP contribution in [0.15, 0.2) is 0 Å². The van der Waals surface area contributed by atoms with Crippen molar-refractivity contribution in [3.63, 3.8) is 0 Å². The Hall–Kier alpha value is -0.410. The number of carbonyl (C=O) groups excluding carboxylic acids is 1. The summed E-state index contributed by atoms with van der Waals surface area (Å²) in [6, 6.07) is 0. The minimum absolute atomic E-state index is 0.00463. The first kappa shape index (κ1) is 18.9. The highest BCUT2D eigenvalue weighted by Crippen LogP contribution is 2.12. The molecule has 2 atom stereocenters. The van der Waals surface area contributed by atoms with Crippen LogP contribution in [0, 0.1) is 11.8 Å². The van der Waals surface area contributed by atoms with Crippen LogP contribution in [0.5, 0.6) is 0 Å². The molecule has 0 radical (unpaired) electrons. The van der Waals surface area contributed by atoms with E-state index in [2.05, 4.69) is 13.8 Å². The van der Waals surface area contributed by atoms with Crippen LogP contribution >= 0.6 is 0 Å². The molecule has 3 heteroatoms. The maximum atomic E-state index is 9.74. The van der Waals surface area contributed by atoms with Gasteiger partial charge < -0.3 is 14.3 Å². The molecule has 104 valence electrons. The topological polar surface area (TPSA) is 35.5 Å². The van der Waals surface area contributed by atoms with E-state index < -0.39 is 0 Å². The van der Waals surface area contributed by atoms with Gasteiger partial charge in [0.15, 0.2) is 6.29 Å². The molecule has 0 N–H and O–H groups in total. The molecule has 0 bridgehead atoms. The van der Waals surface area contributed by atoms with E-state index in [4.69, 9.17) is 9.47 Å². The monoisotopic (exact) mass is 246 g/mol. The van der Waals surface area contributed by atoms with Crippen LogP contribution in [-0.2, 0) is 14.3 Å². The normalized spacial score (nSPS) is 13.8. The van der Waals surface area contributed by atoms with Crippen LogP contribution in [0.25, 0.3) is 0 Å². The summed E-state index contributed by atoms with van der Waals surface area (Å²) < 4.78 is 10.8. The molecule has 3 nitrogen and oxygen atoms in total. The molecule has 0 aliphatic carbocycles. The van der Waals surface area contributed by atoms with Crippen molar-refractivity contribution >= 4 is 6.29 Å². The number of carbonyl (C=O) groups is 1. The maximum Gasteiger partial charge on any atom is 0.160 e. The van der Waals surface area contributed by atoms with Gasteiger partial charge in [-0.15, -0.1) is 0 Å². The Morgan fingerprint density at radius 1 is 0.941 bits per heavy atom. The summed E-state index contributed by atoms with van der Waals surface area (Å²) in [6.45, 7) is 13.7. The smallest absolute Gasteiger partial charge is 0.160 e. The van der Waals surface area contributed by atoms with Crippen LogP contribution < -0.4 is 0 Å². The number of rotatable bonds is 8. The molecular weight excluding hydrogens is 216 g/mol. The summed E-state index contributed by atoms with van der Waals surface area (Å²) in [7, 11) is 0. The van der Waals surface area contributed by atoms with Crippen molar-refractivity contribution in [2.45, 2.75) is 60.7 Å². The van der Waals surface area contributed by atoms with Crippen molar-refractivity contribution in [2.75, 3.05) is 13.2 Å². The van der Waals surface area contributed by atoms with Crippen LogP contribution in [0.4, 0.5) is 0 Å². The minimum Gasteiger partial charge on any atom is -0.353 e. The Morgan fingerprint density at radius 3 is 1.59 bits per heavy atom. The van der Waals surface area contributed by atoms with Gasteiger partial charge in [0.05, 0.1) is 0 Å². The van der Waals surface area contributed by atoms with E-state index in [1.54, 1.807) is 0 Å². The maximum absolute atomic E-state index is 9.74. The fraction of sp³-hybridized carbons (Fsp3) is 0.929. The van der Waals surface area contributed by atoms with E-state index in [9.17, 15) is 4.79 Å². The predicted molar refractivity (Wildman–Crippen MR) is 72.0 cm³/mol. The van der Waals surface area contributed by atoms with Crippen molar-refractivity contribution in [3.8, 4) is 0 Å². The minimum atomic E-state index is -0.00463. The van der Waals surface area contributed by atoms with Crippen LogP contribution in [0.1, 0.15) is 54.4 Å². The van der Waals surface area contributed by atoms with Gasteiger partial charge in [-0.25, -0.2) is 0 Å². The summed E-state index contributed by atoms with van der Waals surface area (Å²) in [5, 5.41) is 0. The molecule has 0 aliphatic heterocycles. The molecule has 0 heterocycles. The van der Waals surface area contributed by atoms with E-state index in [0.29, 0.717) is 5.92 Å². The first-order valence-electron chi connectivity index (χ1n) is 6.75. The summed E-state index contributed by atoms with van der Waals surface area (Å²) in [5.41, 5.74) is 0. The highest BCUT2D eigenvalue weighted by Gasteiger charge is 2.14. The number of aldehydes is 1. The third-order valence-electron chi connectivity index (χ3n) is 2.65. The largest absolute Gasteiger partial charge is 0.353 e. The highest BCUT2D eigenvalue weighted by atomic mass is 16.7. The molecule has 0 fully saturated rings. The lowest BCUT2D eigenvalue weighted by molar-refractivity contribution is -0.163. The summed E-state index contributed by atoms with van der Waals surface area (Å²) in [6.07, 6.45) is 3.03. The molecule has 0 aromatic carbocycles. The molecular formula is C14H30O3. The molecule has 0 unspecified atom stereocenters. The van der Waals surface area contributed by atoms with Crippen molar-refractivity contribution < 1.29 is 14.3 Å². The van der Waals surface area contributed by atoms with E-state index in [-0.39, 0.29) is 12.2 Å². The van der Waals surface area contributed by atoms with Crippen LogP contribution in [0.2, 0.25) is 0 Å². The third kappa shape index (κ3) is 11.8. The third-order valence-corrected chi connectivity index (χ3v) is 2.65. The average molecular weight is 246 g/mol. The van der Waals surface area contributed by atoms with E-state index in [1.807, 2.05) is 27.7 Å². The predicted octanol–water partition coefficient (Wildman–Crippen LogP) is 3.66. The van der Waals surface area contributed by atoms with Crippen molar-refractivity contribution in [1.82, 2.24) is 0 Å². The zero-order valence-electron chi connectivity index (χ0n) is 12.4. The summed E-state index contributed by atoms with van der Waals surface area (Å²) in [4.78, 5) is 9.74. The van der Waals surface area contributed by atoms with Crippen molar-refractivity contribution in [3.05, 3.63) is 0 Å². The number of ether oxygens (including phenoxy) is 2. The standard InChI is InChI=1S/C9H20O2.C5H10O/c1-5-8(4)9(10-6-2)11-7-3;1-3-5(2)4-6/h8-9H,5-7H2,1-4H3;4-5H,3H2,1-2H3/t8-;5-/m00/s1. The Labute approximate surface area is 107 Å². The van der Waals surface area contributed by atoms with Gasteiger partial charge in [0.2, 0.25) is 0 Å². The second kappa shape index (κ2) is 13.7. The molecule has 0 amide bonds. The molecule has 0 aliphatic rings. The molecule has 17 heavy (non-hydrogen) atoms. The zero-order valence-corrected chi connectivity index (χ0v) is 12.4. The number of hydrogen-bond acceptors (Lipinski definition) is 3. The zero-order chi connectivity index (χ0) is 13.7. The molecule has 0 spiro atoms. The van der Waals surface area contributed by atoms with Gasteiger partial charge >= 0.3 is 0 Å². The first-order valence-corrected chi connectivity index (χ1v) is 6.75. The van der Waals surface area contributed by atoms with Gasteiger partial charge in [0.25, 0.3) is 0 Å². The fourth-order valence-corrected chi connectivity index (χ4v) is 0.994. The fourth-order valence-electron chi connectivity index (χ4n) is 0.994. The van der Waals surface area contributed by atoms with E-state index >= 15 is 0 Å². The second-order valence-electron chi connectivity index (χ2n) is 4.19. The van der Waals surface area contributed by atoms with Gasteiger partial charge in [0, 0.05) is 25.0 Å². The SMILES string of the molecule is CCOC(OCC)[C@@H](C)CC.CC[C@H](C)C=O. The molecule has 0 saturated heterocycles. The molecule has 0 rings (SSSR count). The molecule has 0 saturated carbocycles. The highest BCUT2D eigenvalue weighted by molar-refractivity contribution is 5.52. The van der Waals surface area contributed by atoms with Crippen LogP contribution in [-0.4, -0.2) is 25.8 Å². The lowest BCUT2D eigenvalue weighted by Crippen LogP contribution is -2.24. The van der Waals surface area contributed by atoms with E-state index in [1.165, 1.54) is 0 Å². The summed E-state index contributed by atoms with van der Waals surface area (Å²) >= 11 is 0. The first-order chi connectivity index (χ1) is 8.06. The Bertz CT molecular complexity index is 154. The van der Waals surface area contributed by atoms with Gasteiger partial charge in [-0.3, -0.25) is 0 Å². The Kier molecular flexibility index (Phi) is 15.2. The quantitative estimate of drug-likeness (QED) is 0.484.